The molecule has 0 aliphatic carbocycles. The SMILES string of the molecule is CC(C(=O)Nc1ccc2ncccc2c1)n1nc(-c2cccnc2)ccc1=O. The Morgan fingerprint density at radius 3 is 2.75 bits per heavy atom. The zero-order valence-electron chi connectivity index (χ0n) is 15.1. The molecule has 0 saturated carbocycles. The van der Waals surface area contributed by atoms with Gasteiger partial charge in [-0.05, 0) is 49.4 Å². The first kappa shape index (κ1) is 17.5. The molecule has 0 saturated heterocycles. The highest BCUT2D eigenvalue weighted by Crippen LogP contribution is 2.19. The fraction of sp³-hybridized carbons (Fsp3) is 0.0952. The number of anilines is 1. The Hall–Kier alpha value is -3.87. The number of hydrogen-bond donors (Lipinski definition) is 1. The van der Waals surface area contributed by atoms with Crippen LogP contribution in [0.3, 0.4) is 0 Å². The molecule has 1 aromatic carbocycles. The minimum Gasteiger partial charge on any atom is -0.324 e. The lowest BCUT2D eigenvalue weighted by molar-refractivity contribution is -0.119. The molecular formula is C21H17N5O2. The normalized spacial score (nSPS) is 11.9. The van der Waals surface area contributed by atoms with Crippen LogP contribution in [0, 0.1) is 0 Å². The van der Waals surface area contributed by atoms with Gasteiger partial charge in [-0.15, -0.1) is 0 Å². The highest BCUT2D eigenvalue weighted by molar-refractivity contribution is 5.95. The number of aromatic nitrogens is 4. The minimum atomic E-state index is -0.784. The number of carbonyl (C=O) groups excluding carboxylic acids is 1. The summed E-state index contributed by atoms with van der Waals surface area (Å²) in [6, 6.07) is 15.1. The zero-order chi connectivity index (χ0) is 19.5. The molecule has 0 bridgehead atoms. The van der Waals surface area contributed by atoms with Crippen molar-refractivity contribution in [3.05, 3.63) is 83.5 Å². The molecule has 7 heteroatoms. The Morgan fingerprint density at radius 2 is 1.93 bits per heavy atom. The van der Waals surface area contributed by atoms with Gasteiger partial charge in [0.1, 0.15) is 6.04 Å². The monoisotopic (exact) mass is 371 g/mol. The molecule has 28 heavy (non-hydrogen) atoms. The fourth-order valence-electron chi connectivity index (χ4n) is 2.88. The molecule has 0 spiro atoms. The van der Waals surface area contributed by atoms with Crippen LogP contribution in [0.15, 0.2) is 78.0 Å². The van der Waals surface area contributed by atoms with Crippen LogP contribution in [0.2, 0.25) is 0 Å². The Bertz CT molecular complexity index is 1200. The molecule has 0 radical (unpaired) electrons. The summed E-state index contributed by atoms with van der Waals surface area (Å²) in [4.78, 5) is 33.3. The van der Waals surface area contributed by atoms with Gasteiger partial charge in [-0.2, -0.15) is 5.10 Å². The fourth-order valence-corrected chi connectivity index (χ4v) is 2.88. The third-order valence-electron chi connectivity index (χ3n) is 4.40. The number of benzene rings is 1. The maximum atomic E-state index is 12.7. The second-order valence-electron chi connectivity index (χ2n) is 6.32. The van der Waals surface area contributed by atoms with E-state index in [1.807, 2.05) is 30.3 Å². The van der Waals surface area contributed by atoms with E-state index in [1.54, 1.807) is 43.7 Å². The third kappa shape index (κ3) is 3.50. The minimum absolute atomic E-state index is 0.332. The summed E-state index contributed by atoms with van der Waals surface area (Å²) in [7, 11) is 0. The number of pyridine rings is 2. The second-order valence-corrected chi connectivity index (χ2v) is 6.32. The topological polar surface area (TPSA) is 89.8 Å². The number of carbonyl (C=O) groups is 1. The summed E-state index contributed by atoms with van der Waals surface area (Å²) in [5, 5.41) is 8.11. The molecule has 1 unspecified atom stereocenters. The summed E-state index contributed by atoms with van der Waals surface area (Å²) in [5.41, 5.74) is 2.47. The predicted molar refractivity (Wildman–Crippen MR) is 107 cm³/mol. The van der Waals surface area contributed by atoms with E-state index < -0.39 is 6.04 Å². The van der Waals surface area contributed by atoms with Gasteiger partial charge in [-0.1, -0.05) is 6.07 Å². The van der Waals surface area contributed by atoms with Crippen LogP contribution in [0.5, 0.6) is 0 Å². The van der Waals surface area contributed by atoms with Gasteiger partial charge < -0.3 is 5.32 Å². The molecule has 0 aliphatic rings. The van der Waals surface area contributed by atoms with E-state index in [0.29, 0.717) is 11.4 Å². The van der Waals surface area contributed by atoms with Crippen molar-refractivity contribution < 1.29 is 4.79 Å². The Balaban J connectivity index is 1.60. The predicted octanol–water partition coefficient (Wildman–Crippen LogP) is 3.05. The largest absolute Gasteiger partial charge is 0.324 e. The average molecular weight is 371 g/mol. The number of nitrogens with one attached hydrogen (secondary N) is 1. The molecule has 7 nitrogen and oxygen atoms in total. The van der Waals surface area contributed by atoms with E-state index in [-0.39, 0.29) is 11.5 Å². The molecule has 0 fully saturated rings. The van der Waals surface area contributed by atoms with Crippen molar-refractivity contribution >= 4 is 22.5 Å². The Labute approximate surface area is 160 Å². The lowest BCUT2D eigenvalue weighted by Gasteiger charge is -2.15. The number of nitrogens with zero attached hydrogens (tertiary/aromatic N) is 4. The van der Waals surface area contributed by atoms with Crippen LogP contribution in [0.25, 0.3) is 22.2 Å². The molecule has 0 aliphatic heterocycles. The van der Waals surface area contributed by atoms with E-state index >= 15 is 0 Å². The maximum absolute atomic E-state index is 12.7. The van der Waals surface area contributed by atoms with Crippen LogP contribution in [0.4, 0.5) is 5.69 Å². The number of rotatable bonds is 4. The van der Waals surface area contributed by atoms with E-state index in [0.717, 1.165) is 16.5 Å². The molecule has 3 heterocycles. The van der Waals surface area contributed by atoms with E-state index in [4.69, 9.17) is 0 Å². The van der Waals surface area contributed by atoms with E-state index in [9.17, 15) is 9.59 Å². The highest BCUT2D eigenvalue weighted by Gasteiger charge is 2.18. The summed E-state index contributed by atoms with van der Waals surface area (Å²) in [6.07, 6.45) is 5.04. The molecule has 4 rings (SSSR count). The van der Waals surface area contributed by atoms with Crippen molar-refractivity contribution in [3.63, 3.8) is 0 Å². The summed E-state index contributed by atoms with van der Waals surface area (Å²) >= 11 is 0. The van der Waals surface area contributed by atoms with Crippen molar-refractivity contribution in [2.75, 3.05) is 5.32 Å². The van der Waals surface area contributed by atoms with Crippen molar-refractivity contribution in [3.8, 4) is 11.3 Å². The molecule has 1 N–H and O–H groups in total. The summed E-state index contributed by atoms with van der Waals surface area (Å²) < 4.78 is 1.18. The van der Waals surface area contributed by atoms with Crippen molar-refractivity contribution in [2.45, 2.75) is 13.0 Å². The average Bonchev–Trinajstić information content (AvgIpc) is 2.74. The van der Waals surface area contributed by atoms with Crippen LogP contribution in [-0.4, -0.2) is 25.7 Å². The van der Waals surface area contributed by atoms with Gasteiger partial charge in [0.05, 0.1) is 11.2 Å². The third-order valence-corrected chi connectivity index (χ3v) is 4.40. The molecule has 3 aromatic heterocycles. The number of hydrogen-bond acceptors (Lipinski definition) is 5. The summed E-state index contributed by atoms with van der Waals surface area (Å²) in [5.74, 6) is -0.332. The first-order chi connectivity index (χ1) is 13.6. The van der Waals surface area contributed by atoms with Gasteiger partial charge in [0.25, 0.3) is 5.56 Å². The van der Waals surface area contributed by atoms with Crippen molar-refractivity contribution in [2.24, 2.45) is 0 Å². The Morgan fingerprint density at radius 1 is 1.07 bits per heavy atom. The first-order valence-electron chi connectivity index (χ1n) is 8.78. The van der Waals surface area contributed by atoms with Crippen LogP contribution < -0.4 is 10.9 Å². The zero-order valence-corrected chi connectivity index (χ0v) is 15.1. The van der Waals surface area contributed by atoms with Gasteiger partial charge in [0.2, 0.25) is 5.91 Å². The lowest BCUT2D eigenvalue weighted by atomic mass is 10.2. The van der Waals surface area contributed by atoms with E-state index in [2.05, 4.69) is 20.4 Å². The quantitative estimate of drug-likeness (QED) is 0.595. The summed E-state index contributed by atoms with van der Waals surface area (Å²) in [6.45, 7) is 1.64. The number of fused-ring (bicyclic) bond motifs is 1. The molecular weight excluding hydrogens is 354 g/mol. The van der Waals surface area contributed by atoms with Crippen LogP contribution in [0.1, 0.15) is 13.0 Å². The van der Waals surface area contributed by atoms with Crippen molar-refractivity contribution in [1.82, 2.24) is 19.7 Å². The van der Waals surface area contributed by atoms with Gasteiger partial charge in [-0.3, -0.25) is 19.6 Å². The molecule has 4 aromatic rings. The second kappa shape index (κ2) is 7.40. The molecule has 1 atom stereocenters. The molecule has 1 amide bonds. The maximum Gasteiger partial charge on any atom is 0.267 e. The van der Waals surface area contributed by atoms with E-state index in [1.165, 1.54) is 10.7 Å². The first-order valence-corrected chi connectivity index (χ1v) is 8.78. The van der Waals surface area contributed by atoms with Gasteiger partial charge in [-0.25, -0.2) is 4.68 Å². The lowest BCUT2D eigenvalue weighted by Crippen LogP contribution is -2.33. The van der Waals surface area contributed by atoms with Gasteiger partial charge in [0, 0.05) is 41.3 Å². The Kier molecular flexibility index (Phi) is 4.63. The van der Waals surface area contributed by atoms with Gasteiger partial charge >= 0.3 is 0 Å². The van der Waals surface area contributed by atoms with Crippen molar-refractivity contribution in [1.29, 1.82) is 0 Å². The number of amides is 1. The van der Waals surface area contributed by atoms with Gasteiger partial charge in [0.15, 0.2) is 0 Å². The standard InChI is InChI=1S/C21H17N5O2/c1-14(21(28)24-17-6-7-18-15(12-17)4-3-11-23-18)26-20(27)9-8-19(25-26)16-5-2-10-22-13-16/h2-14H,1H3,(H,24,28). The highest BCUT2D eigenvalue weighted by atomic mass is 16.2. The van der Waals surface area contributed by atoms with Crippen LogP contribution >= 0.6 is 0 Å². The molecule has 138 valence electrons. The smallest absolute Gasteiger partial charge is 0.267 e. The van der Waals surface area contributed by atoms with Crippen LogP contribution in [-0.2, 0) is 4.79 Å².